The highest BCUT2D eigenvalue weighted by molar-refractivity contribution is 6.07. The molecule has 3 heterocycles. The van der Waals surface area contributed by atoms with E-state index in [1.54, 1.807) is 6.20 Å². The van der Waals surface area contributed by atoms with Gasteiger partial charge >= 0.3 is 0 Å². The molecule has 1 fully saturated rings. The van der Waals surface area contributed by atoms with Crippen molar-refractivity contribution in [2.24, 2.45) is 0 Å². The number of carbonyl (C=O) groups excluding carboxylic acids is 1. The molecule has 1 aromatic carbocycles. The van der Waals surface area contributed by atoms with Crippen LogP contribution in [-0.2, 0) is 11.3 Å². The van der Waals surface area contributed by atoms with Crippen molar-refractivity contribution in [1.82, 2.24) is 14.9 Å². The van der Waals surface area contributed by atoms with E-state index in [-0.39, 0.29) is 5.91 Å². The second kappa shape index (κ2) is 7.72. The molecule has 0 spiro atoms. The van der Waals surface area contributed by atoms with Gasteiger partial charge in [0.2, 0.25) is 0 Å². The van der Waals surface area contributed by atoms with Gasteiger partial charge in [-0.05, 0) is 23.8 Å². The molecular weight excluding hydrogens is 340 g/mol. The molecule has 4 rings (SSSR count). The molecule has 0 bridgehead atoms. The Morgan fingerprint density at radius 3 is 2.78 bits per heavy atom. The van der Waals surface area contributed by atoms with Crippen LogP contribution in [0, 0.1) is 0 Å². The highest BCUT2D eigenvalue weighted by atomic mass is 16.5. The topological polar surface area (TPSA) is 58.6 Å². The zero-order chi connectivity index (χ0) is 18.6. The van der Waals surface area contributed by atoms with Crippen LogP contribution in [0.25, 0.3) is 10.9 Å². The molecule has 1 amide bonds. The quantitative estimate of drug-likeness (QED) is 0.714. The molecule has 2 aromatic heterocycles. The molecule has 6 nitrogen and oxygen atoms in total. The number of para-hydroxylation sites is 1. The number of carbonyl (C=O) groups is 1. The predicted octanol–water partition coefficient (Wildman–Crippen LogP) is 2.74. The van der Waals surface area contributed by atoms with Crippen LogP contribution in [0.1, 0.15) is 15.9 Å². The number of hydrogen-bond acceptors (Lipinski definition) is 5. The third kappa shape index (κ3) is 3.75. The van der Waals surface area contributed by atoms with E-state index in [1.807, 2.05) is 65.5 Å². The standard InChI is InChI=1S/C21H22N4O2/c1-24(15-16-5-4-8-22-14-16)20-13-18(17-6-2-3-7-19(17)23-20)21(26)25-9-11-27-12-10-25/h2-8,13-14H,9-12,15H2,1H3. The second-order valence-electron chi connectivity index (χ2n) is 6.67. The van der Waals surface area contributed by atoms with E-state index in [4.69, 9.17) is 9.72 Å². The summed E-state index contributed by atoms with van der Waals surface area (Å²) in [5.41, 5.74) is 2.61. The first kappa shape index (κ1) is 17.4. The predicted molar refractivity (Wildman–Crippen MR) is 105 cm³/mol. The van der Waals surface area contributed by atoms with E-state index in [0.717, 1.165) is 22.3 Å². The lowest BCUT2D eigenvalue weighted by Crippen LogP contribution is -2.40. The van der Waals surface area contributed by atoms with Gasteiger partial charge in [-0.25, -0.2) is 4.98 Å². The van der Waals surface area contributed by atoms with Crippen molar-refractivity contribution < 1.29 is 9.53 Å². The molecule has 27 heavy (non-hydrogen) atoms. The maximum absolute atomic E-state index is 13.2. The van der Waals surface area contributed by atoms with Crippen LogP contribution >= 0.6 is 0 Å². The molecule has 0 radical (unpaired) electrons. The first-order chi connectivity index (χ1) is 13.2. The molecule has 0 unspecified atom stereocenters. The van der Waals surface area contributed by atoms with Gasteiger partial charge < -0.3 is 14.5 Å². The molecule has 3 aromatic rings. The van der Waals surface area contributed by atoms with E-state index in [2.05, 4.69) is 4.98 Å². The Morgan fingerprint density at radius 1 is 1.19 bits per heavy atom. The summed E-state index contributed by atoms with van der Waals surface area (Å²) in [5.74, 6) is 0.807. The van der Waals surface area contributed by atoms with Crippen molar-refractivity contribution in [3.8, 4) is 0 Å². The first-order valence-electron chi connectivity index (χ1n) is 9.09. The van der Waals surface area contributed by atoms with Crippen molar-refractivity contribution in [2.75, 3.05) is 38.3 Å². The van der Waals surface area contributed by atoms with Crippen LogP contribution in [0.4, 0.5) is 5.82 Å². The second-order valence-corrected chi connectivity index (χ2v) is 6.67. The normalized spacial score (nSPS) is 14.3. The molecule has 0 atom stereocenters. The largest absolute Gasteiger partial charge is 0.378 e. The van der Waals surface area contributed by atoms with Gasteiger partial charge in [-0.15, -0.1) is 0 Å². The summed E-state index contributed by atoms with van der Waals surface area (Å²) in [6.07, 6.45) is 3.61. The summed E-state index contributed by atoms with van der Waals surface area (Å²) >= 11 is 0. The summed E-state index contributed by atoms with van der Waals surface area (Å²) in [4.78, 5) is 26.0. The molecule has 138 valence electrons. The number of aromatic nitrogens is 2. The lowest BCUT2D eigenvalue weighted by molar-refractivity contribution is 0.0304. The van der Waals surface area contributed by atoms with E-state index >= 15 is 0 Å². The van der Waals surface area contributed by atoms with E-state index in [1.165, 1.54) is 0 Å². The lowest BCUT2D eigenvalue weighted by Gasteiger charge is -2.28. The average molecular weight is 362 g/mol. The van der Waals surface area contributed by atoms with Crippen molar-refractivity contribution in [3.05, 3.63) is 66.0 Å². The number of morpholine rings is 1. The van der Waals surface area contributed by atoms with Crippen LogP contribution in [0.3, 0.4) is 0 Å². The SMILES string of the molecule is CN(Cc1cccnc1)c1cc(C(=O)N2CCOCC2)c2ccccc2n1. The molecule has 1 aliphatic rings. The van der Waals surface area contributed by atoms with Gasteiger partial charge in [0.05, 0.1) is 24.3 Å². The monoisotopic (exact) mass is 362 g/mol. The van der Waals surface area contributed by atoms with Crippen LogP contribution in [0.2, 0.25) is 0 Å². The van der Waals surface area contributed by atoms with Crippen LogP contribution < -0.4 is 4.90 Å². The third-order valence-electron chi connectivity index (χ3n) is 4.76. The lowest BCUT2D eigenvalue weighted by atomic mass is 10.1. The van der Waals surface area contributed by atoms with Crippen molar-refractivity contribution in [3.63, 3.8) is 0 Å². The number of ether oxygens (including phenoxy) is 1. The maximum atomic E-state index is 13.2. The minimum atomic E-state index is 0.0351. The van der Waals surface area contributed by atoms with Crippen molar-refractivity contribution in [2.45, 2.75) is 6.54 Å². The molecule has 0 saturated carbocycles. The summed E-state index contributed by atoms with van der Waals surface area (Å²) < 4.78 is 5.38. The van der Waals surface area contributed by atoms with Crippen LogP contribution in [0.15, 0.2) is 54.9 Å². The molecule has 0 N–H and O–H groups in total. The molecule has 6 heteroatoms. The number of amides is 1. The van der Waals surface area contributed by atoms with Gasteiger partial charge in [-0.1, -0.05) is 24.3 Å². The maximum Gasteiger partial charge on any atom is 0.254 e. The Hall–Kier alpha value is -2.99. The Morgan fingerprint density at radius 2 is 2.00 bits per heavy atom. The number of pyridine rings is 2. The number of benzene rings is 1. The van der Waals surface area contributed by atoms with Crippen molar-refractivity contribution >= 4 is 22.6 Å². The summed E-state index contributed by atoms with van der Waals surface area (Å²) in [6, 6.07) is 13.7. The minimum Gasteiger partial charge on any atom is -0.378 e. The van der Waals surface area contributed by atoms with E-state index in [0.29, 0.717) is 38.4 Å². The highest BCUT2D eigenvalue weighted by Gasteiger charge is 2.22. The van der Waals surface area contributed by atoms with Crippen molar-refractivity contribution in [1.29, 1.82) is 0 Å². The number of rotatable bonds is 4. The minimum absolute atomic E-state index is 0.0351. The Labute approximate surface area is 158 Å². The fraction of sp³-hybridized carbons (Fsp3) is 0.286. The fourth-order valence-corrected chi connectivity index (χ4v) is 3.32. The number of anilines is 1. The zero-order valence-corrected chi connectivity index (χ0v) is 15.3. The number of hydrogen-bond donors (Lipinski definition) is 0. The van der Waals surface area contributed by atoms with E-state index < -0.39 is 0 Å². The summed E-state index contributed by atoms with van der Waals surface area (Å²) in [5, 5.41) is 0.882. The van der Waals surface area contributed by atoms with Gasteiger partial charge in [0.15, 0.2) is 0 Å². The van der Waals surface area contributed by atoms with E-state index in [9.17, 15) is 4.79 Å². The van der Waals surface area contributed by atoms with Crippen LogP contribution in [0.5, 0.6) is 0 Å². The molecule has 1 saturated heterocycles. The van der Waals surface area contributed by atoms with Gasteiger partial charge in [0.25, 0.3) is 5.91 Å². The van der Waals surface area contributed by atoms with Gasteiger partial charge in [0, 0.05) is 44.5 Å². The first-order valence-corrected chi connectivity index (χ1v) is 9.09. The highest BCUT2D eigenvalue weighted by Crippen LogP contribution is 2.25. The van der Waals surface area contributed by atoms with Crippen LogP contribution in [-0.4, -0.2) is 54.1 Å². The van der Waals surface area contributed by atoms with Gasteiger partial charge in [-0.3, -0.25) is 9.78 Å². The van der Waals surface area contributed by atoms with Gasteiger partial charge in [-0.2, -0.15) is 0 Å². The number of fused-ring (bicyclic) bond motifs is 1. The summed E-state index contributed by atoms with van der Waals surface area (Å²) in [7, 11) is 1.98. The molecule has 1 aliphatic heterocycles. The number of nitrogens with zero attached hydrogens (tertiary/aromatic N) is 4. The summed E-state index contributed by atoms with van der Waals surface area (Å²) in [6.45, 7) is 3.09. The molecular formula is C21H22N4O2. The molecule has 0 aliphatic carbocycles. The Balaban J connectivity index is 1.70. The fourth-order valence-electron chi connectivity index (χ4n) is 3.32. The Kier molecular flexibility index (Phi) is 4.98. The van der Waals surface area contributed by atoms with Gasteiger partial charge in [0.1, 0.15) is 5.82 Å². The third-order valence-corrected chi connectivity index (χ3v) is 4.76. The average Bonchev–Trinajstić information content (AvgIpc) is 2.73. The smallest absolute Gasteiger partial charge is 0.254 e. The Bertz CT molecular complexity index is 939. The zero-order valence-electron chi connectivity index (χ0n) is 15.3.